The van der Waals surface area contributed by atoms with E-state index in [1.165, 1.54) is 0 Å². The lowest BCUT2D eigenvalue weighted by Gasteiger charge is -2.29. The Hall–Kier alpha value is -3.66. The van der Waals surface area contributed by atoms with Crippen LogP contribution in [0.25, 0.3) is 0 Å². The summed E-state index contributed by atoms with van der Waals surface area (Å²) in [5, 5.41) is 11.7. The highest BCUT2D eigenvalue weighted by Gasteiger charge is 2.35. The smallest absolute Gasteiger partial charge is 0.255 e. The molecule has 35 heavy (non-hydrogen) atoms. The van der Waals surface area contributed by atoms with Crippen LogP contribution in [0.15, 0.2) is 58.9 Å². The van der Waals surface area contributed by atoms with Crippen LogP contribution in [0.3, 0.4) is 0 Å². The van der Waals surface area contributed by atoms with Gasteiger partial charge in [-0.1, -0.05) is 36.9 Å². The van der Waals surface area contributed by atoms with E-state index in [0.717, 1.165) is 17.7 Å². The normalized spacial score (nSPS) is 16.7. The number of carbonyl (C=O) groups excluding carboxylic acids is 1. The van der Waals surface area contributed by atoms with Crippen LogP contribution in [0, 0.1) is 0 Å². The SMILES string of the molecule is CCSc1nc2n(n1)C(c1ccc3c(c1)OCCCO3)C(C(=O)Nc1ccccc1OC)=C(C)N2. The van der Waals surface area contributed by atoms with Crippen molar-refractivity contribution in [3.63, 3.8) is 0 Å². The van der Waals surface area contributed by atoms with Crippen molar-refractivity contribution in [2.45, 2.75) is 31.5 Å². The zero-order valence-corrected chi connectivity index (χ0v) is 20.6. The molecule has 3 aromatic rings. The van der Waals surface area contributed by atoms with Gasteiger partial charge in [-0.25, -0.2) is 4.68 Å². The van der Waals surface area contributed by atoms with E-state index in [-0.39, 0.29) is 5.91 Å². The summed E-state index contributed by atoms with van der Waals surface area (Å²) < 4.78 is 18.9. The van der Waals surface area contributed by atoms with Crippen molar-refractivity contribution in [3.8, 4) is 17.2 Å². The average molecular weight is 494 g/mol. The first-order valence-corrected chi connectivity index (χ1v) is 12.5. The first-order chi connectivity index (χ1) is 17.1. The van der Waals surface area contributed by atoms with Gasteiger partial charge in [0.15, 0.2) is 11.5 Å². The number of allylic oxidation sites excluding steroid dienone is 1. The number of benzene rings is 2. The molecule has 0 fully saturated rings. The second kappa shape index (κ2) is 9.91. The van der Waals surface area contributed by atoms with Crippen molar-refractivity contribution < 1.29 is 19.0 Å². The maximum atomic E-state index is 13.7. The van der Waals surface area contributed by atoms with E-state index in [9.17, 15) is 4.79 Å². The first kappa shape index (κ1) is 23.1. The number of methoxy groups -OCH3 is 1. The number of carbonyl (C=O) groups is 1. The molecule has 2 aromatic carbocycles. The predicted octanol–water partition coefficient (Wildman–Crippen LogP) is 4.49. The largest absolute Gasteiger partial charge is 0.495 e. The summed E-state index contributed by atoms with van der Waals surface area (Å²) in [7, 11) is 1.58. The molecule has 9 nitrogen and oxygen atoms in total. The highest BCUT2D eigenvalue weighted by atomic mass is 32.2. The quantitative estimate of drug-likeness (QED) is 0.485. The number of thioether (sulfide) groups is 1. The summed E-state index contributed by atoms with van der Waals surface area (Å²) >= 11 is 1.55. The summed E-state index contributed by atoms with van der Waals surface area (Å²) in [5.74, 6) is 3.10. The van der Waals surface area contributed by atoms with Gasteiger partial charge < -0.3 is 24.8 Å². The summed E-state index contributed by atoms with van der Waals surface area (Å²) in [4.78, 5) is 18.4. The molecule has 1 atom stereocenters. The number of anilines is 2. The Balaban J connectivity index is 1.59. The van der Waals surface area contributed by atoms with Crippen LogP contribution in [0.4, 0.5) is 11.6 Å². The molecule has 2 aliphatic heterocycles. The van der Waals surface area contributed by atoms with Crippen LogP contribution in [-0.2, 0) is 4.79 Å². The lowest BCUT2D eigenvalue weighted by atomic mass is 9.94. The molecule has 3 heterocycles. The molecule has 0 radical (unpaired) electrons. The molecule has 0 bridgehead atoms. The highest BCUT2D eigenvalue weighted by Crippen LogP contribution is 2.40. The summed E-state index contributed by atoms with van der Waals surface area (Å²) in [6.45, 7) is 5.10. The molecule has 2 aliphatic rings. The third-order valence-electron chi connectivity index (χ3n) is 5.79. The van der Waals surface area contributed by atoms with E-state index in [4.69, 9.17) is 19.3 Å². The molecule has 2 N–H and O–H groups in total. The second-order valence-corrected chi connectivity index (χ2v) is 9.30. The number of hydrogen-bond donors (Lipinski definition) is 2. The molecule has 5 rings (SSSR count). The number of nitrogens with zero attached hydrogens (tertiary/aromatic N) is 3. The van der Waals surface area contributed by atoms with Crippen LogP contribution < -0.4 is 24.8 Å². The van der Waals surface area contributed by atoms with Gasteiger partial charge in [0, 0.05) is 12.1 Å². The zero-order valence-electron chi connectivity index (χ0n) is 19.8. The molecular formula is C25H27N5O4S. The van der Waals surface area contributed by atoms with Crippen LogP contribution >= 0.6 is 11.8 Å². The van der Waals surface area contributed by atoms with E-state index in [0.29, 0.717) is 58.5 Å². The maximum Gasteiger partial charge on any atom is 0.255 e. The molecule has 0 saturated heterocycles. The first-order valence-electron chi connectivity index (χ1n) is 11.5. The maximum absolute atomic E-state index is 13.7. The van der Waals surface area contributed by atoms with Crippen LogP contribution in [-0.4, -0.2) is 46.7 Å². The van der Waals surface area contributed by atoms with Crippen LogP contribution in [0.2, 0.25) is 0 Å². The molecule has 1 amide bonds. The van der Waals surface area contributed by atoms with Gasteiger partial charge in [-0.15, -0.1) is 5.10 Å². The Kier molecular flexibility index (Phi) is 6.54. The standard InChI is InChI=1S/C25H27N5O4S/c1-4-35-25-28-24-26-15(2)21(23(31)27-17-8-5-6-9-18(17)32-3)22(30(24)29-25)16-10-11-19-20(14-16)34-13-7-12-33-19/h5-6,8-11,14,22H,4,7,12-13H2,1-3H3,(H,27,31)(H,26,28,29). The van der Waals surface area contributed by atoms with Gasteiger partial charge in [0.05, 0.1) is 31.6 Å². The fourth-order valence-corrected chi connectivity index (χ4v) is 4.77. The van der Waals surface area contributed by atoms with Crippen LogP contribution in [0.1, 0.15) is 31.9 Å². The lowest BCUT2D eigenvalue weighted by Crippen LogP contribution is -2.31. The predicted molar refractivity (Wildman–Crippen MR) is 135 cm³/mol. The van der Waals surface area contributed by atoms with Crippen molar-refractivity contribution in [2.75, 3.05) is 36.7 Å². The highest BCUT2D eigenvalue weighted by molar-refractivity contribution is 7.99. The zero-order chi connectivity index (χ0) is 24.4. The minimum absolute atomic E-state index is 0.262. The van der Waals surface area contributed by atoms with Crippen molar-refractivity contribution in [1.82, 2.24) is 14.8 Å². The number of rotatable bonds is 6. The van der Waals surface area contributed by atoms with E-state index in [2.05, 4.69) is 22.5 Å². The molecule has 1 unspecified atom stereocenters. The monoisotopic (exact) mass is 493 g/mol. The van der Waals surface area contributed by atoms with Gasteiger partial charge >= 0.3 is 0 Å². The summed E-state index contributed by atoms with van der Waals surface area (Å²) in [6.07, 6.45) is 0.813. The lowest BCUT2D eigenvalue weighted by molar-refractivity contribution is -0.113. The molecule has 0 aliphatic carbocycles. The fraction of sp³-hybridized carbons (Fsp3) is 0.320. The Morgan fingerprint density at radius 1 is 1.23 bits per heavy atom. The topological polar surface area (TPSA) is 99.5 Å². The van der Waals surface area contributed by atoms with Gasteiger partial charge in [-0.3, -0.25) is 4.79 Å². The number of para-hydroxylation sites is 2. The number of fused-ring (bicyclic) bond motifs is 2. The van der Waals surface area contributed by atoms with Crippen molar-refractivity contribution in [2.24, 2.45) is 0 Å². The molecule has 10 heteroatoms. The number of nitrogens with one attached hydrogen (secondary N) is 2. The Morgan fingerprint density at radius 2 is 2.03 bits per heavy atom. The van der Waals surface area contributed by atoms with E-state index in [1.54, 1.807) is 29.6 Å². The fourth-order valence-electron chi connectivity index (χ4n) is 4.21. The molecule has 182 valence electrons. The van der Waals surface area contributed by atoms with Gasteiger partial charge in [0.2, 0.25) is 11.1 Å². The number of hydrogen-bond acceptors (Lipinski definition) is 8. The van der Waals surface area contributed by atoms with E-state index < -0.39 is 6.04 Å². The third-order valence-corrected chi connectivity index (χ3v) is 6.51. The number of ether oxygens (including phenoxy) is 3. The molecule has 1 aromatic heterocycles. The number of aromatic nitrogens is 3. The van der Waals surface area contributed by atoms with Gasteiger partial charge in [-0.2, -0.15) is 4.98 Å². The molecule has 0 saturated carbocycles. The van der Waals surface area contributed by atoms with E-state index in [1.807, 2.05) is 43.3 Å². The van der Waals surface area contributed by atoms with Crippen molar-refractivity contribution in [3.05, 3.63) is 59.3 Å². The average Bonchev–Trinajstić information content (AvgIpc) is 3.10. The second-order valence-electron chi connectivity index (χ2n) is 8.07. The van der Waals surface area contributed by atoms with Crippen LogP contribution in [0.5, 0.6) is 17.2 Å². The molecular weight excluding hydrogens is 466 g/mol. The van der Waals surface area contributed by atoms with E-state index >= 15 is 0 Å². The van der Waals surface area contributed by atoms with Gasteiger partial charge in [0.25, 0.3) is 5.91 Å². The van der Waals surface area contributed by atoms with Crippen molar-refractivity contribution >= 4 is 29.3 Å². The Morgan fingerprint density at radius 3 is 2.83 bits per heavy atom. The number of amides is 1. The Bertz CT molecular complexity index is 1290. The summed E-state index contributed by atoms with van der Waals surface area (Å²) in [6, 6.07) is 12.6. The van der Waals surface area contributed by atoms with Gasteiger partial charge in [0.1, 0.15) is 11.8 Å². The van der Waals surface area contributed by atoms with Crippen molar-refractivity contribution in [1.29, 1.82) is 0 Å². The third kappa shape index (κ3) is 4.53. The minimum Gasteiger partial charge on any atom is -0.495 e. The molecule has 0 spiro atoms. The van der Waals surface area contributed by atoms with Gasteiger partial charge in [-0.05, 0) is 42.5 Å². The minimum atomic E-state index is -0.517. The Labute approximate surface area is 207 Å². The summed E-state index contributed by atoms with van der Waals surface area (Å²) in [5.41, 5.74) is 2.65.